The molecule has 2 aromatic carbocycles. The number of benzene rings is 2. The molecule has 0 fully saturated rings. The maximum absolute atomic E-state index is 13.0. The van der Waals surface area contributed by atoms with Crippen LogP contribution >= 0.6 is 0 Å². The maximum atomic E-state index is 13.0. The first-order valence-corrected chi connectivity index (χ1v) is 7.90. The molecule has 0 saturated carbocycles. The zero-order chi connectivity index (χ0) is 16.3. The van der Waals surface area contributed by atoms with Crippen LogP contribution in [0.3, 0.4) is 0 Å². The summed E-state index contributed by atoms with van der Waals surface area (Å²) in [6.07, 6.45) is 0. The first-order valence-electron chi connectivity index (χ1n) is 7.90. The highest BCUT2D eigenvalue weighted by atomic mass is 16.2. The summed E-state index contributed by atoms with van der Waals surface area (Å²) in [7, 11) is 0. The van der Waals surface area contributed by atoms with Crippen LogP contribution in [0.15, 0.2) is 48.5 Å². The monoisotopic (exact) mass is 295 g/mol. The average Bonchev–Trinajstić information content (AvgIpc) is 2.47. The molecule has 1 amide bonds. The van der Waals surface area contributed by atoms with E-state index in [-0.39, 0.29) is 18.0 Å². The number of aryl methyl sites for hydroxylation is 1. The topological polar surface area (TPSA) is 20.3 Å². The molecule has 0 spiro atoms. The molecule has 0 aromatic heterocycles. The Labute approximate surface area is 133 Å². The normalized spacial score (nSPS) is 11.0. The van der Waals surface area contributed by atoms with E-state index in [9.17, 15) is 4.79 Å². The Morgan fingerprint density at radius 2 is 1.41 bits per heavy atom. The Balaban J connectivity index is 2.48. The minimum Gasteiger partial charge on any atom is -0.334 e. The summed E-state index contributed by atoms with van der Waals surface area (Å²) in [5.74, 6) is 0.0983. The van der Waals surface area contributed by atoms with E-state index in [4.69, 9.17) is 0 Å². The fraction of sp³-hybridized carbons (Fsp3) is 0.350. The molecule has 116 valence electrons. The highest BCUT2D eigenvalue weighted by molar-refractivity contribution is 6.01. The molecule has 0 aliphatic heterocycles. The first kappa shape index (κ1) is 16.3. The number of carbonyl (C=O) groups is 1. The zero-order valence-corrected chi connectivity index (χ0v) is 14.1. The van der Waals surface area contributed by atoms with Crippen molar-refractivity contribution in [2.24, 2.45) is 0 Å². The Kier molecular flexibility index (Phi) is 5.02. The molecule has 2 heteroatoms. The summed E-state index contributed by atoms with van der Waals surface area (Å²) in [4.78, 5) is 15.0. The lowest BCUT2D eigenvalue weighted by Gasteiger charge is -2.31. The molecule has 2 nitrogen and oxygen atoms in total. The standard InChI is InChI=1S/C20H25NO/c1-14(2)21(15(3)4)20(22)19-9-7-6-8-18(19)17-12-10-16(5)11-13-17/h6-15H,1-5H3. The fourth-order valence-corrected chi connectivity index (χ4v) is 2.86. The van der Waals surface area contributed by atoms with Gasteiger partial charge >= 0.3 is 0 Å². The molecule has 0 atom stereocenters. The highest BCUT2D eigenvalue weighted by Gasteiger charge is 2.23. The lowest BCUT2D eigenvalue weighted by Crippen LogP contribution is -2.42. The molecule has 2 aromatic rings. The molecule has 0 radical (unpaired) electrons. The summed E-state index contributed by atoms with van der Waals surface area (Å²) in [5.41, 5.74) is 4.08. The van der Waals surface area contributed by atoms with E-state index in [0.717, 1.165) is 16.7 Å². The Morgan fingerprint density at radius 1 is 0.864 bits per heavy atom. The van der Waals surface area contributed by atoms with Gasteiger partial charge in [-0.2, -0.15) is 0 Å². The number of amides is 1. The van der Waals surface area contributed by atoms with Gasteiger partial charge in [-0.25, -0.2) is 0 Å². The SMILES string of the molecule is Cc1ccc(-c2ccccc2C(=O)N(C(C)C)C(C)C)cc1. The second-order valence-corrected chi connectivity index (χ2v) is 6.31. The van der Waals surface area contributed by atoms with Crippen molar-refractivity contribution < 1.29 is 4.79 Å². The van der Waals surface area contributed by atoms with Gasteiger partial charge in [-0.05, 0) is 51.8 Å². The van der Waals surface area contributed by atoms with E-state index in [0.29, 0.717) is 0 Å². The van der Waals surface area contributed by atoms with Crippen molar-refractivity contribution in [3.05, 3.63) is 59.7 Å². The largest absolute Gasteiger partial charge is 0.334 e. The van der Waals surface area contributed by atoms with Crippen LogP contribution in [0.2, 0.25) is 0 Å². The van der Waals surface area contributed by atoms with E-state index in [1.165, 1.54) is 5.56 Å². The van der Waals surface area contributed by atoms with Crippen molar-refractivity contribution in [2.45, 2.75) is 46.7 Å². The Bertz CT molecular complexity index is 633. The van der Waals surface area contributed by atoms with Crippen molar-refractivity contribution >= 4 is 5.91 Å². The van der Waals surface area contributed by atoms with E-state index < -0.39 is 0 Å². The van der Waals surface area contributed by atoms with Gasteiger partial charge in [-0.1, -0.05) is 48.0 Å². The molecule has 0 saturated heterocycles. The molecule has 0 heterocycles. The van der Waals surface area contributed by atoms with Gasteiger partial charge in [0.2, 0.25) is 0 Å². The second kappa shape index (κ2) is 6.78. The van der Waals surface area contributed by atoms with Gasteiger partial charge in [0, 0.05) is 17.6 Å². The van der Waals surface area contributed by atoms with Crippen LogP contribution in [0.25, 0.3) is 11.1 Å². The van der Waals surface area contributed by atoms with Gasteiger partial charge in [-0.3, -0.25) is 4.79 Å². The molecule has 0 N–H and O–H groups in total. The molecule has 0 aliphatic rings. The molecule has 22 heavy (non-hydrogen) atoms. The summed E-state index contributed by atoms with van der Waals surface area (Å²) in [6.45, 7) is 10.3. The molecule has 0 aliphatic carbocycles. The quantitative estimate of drug-likeness (QED) is 0.784. The van der Waals surface area contributed by atoms with Crippen LogP contribution in [0.4, 0.5) is 0 Å². The van der Waals surface area contributed by atoms with Crippen LogP contribution in [0, 0.1) is 6.92 Å². The van der Waals surface area contributed by atoms with Crippen molar-refractivity contribution in [3.63, 3.8) is 0 Å². The number of hydrogen-bond acceptors (Lipinski definition) is 1. The van der Waals surface area contributed by atoms with Gasteiger partial charge in [0.05, 0.1) is 0 Å². The smallest absolute Gasteiger partial charge is 0.254 e. The summed E-state index contributed by atoms with van der Waals surface area (Å²) in [5, 5.41) is 0. The van der Waals surface area contributed by atoms with Gasteiger partial charge < -0.3 is 4.90 Å². The summed E-state index contributed by atoms with van der Waals surface area (Å²) in [6, 6.07) is 16.6. The van der Waals surface area contributed by atoms with E-state index >= 15 is 0 Å². The number of carbonyl (C=O) groups excluding carboxylic acids is 1. The molecule has 0 bridgehead atoms. The predicted octanol–water partition coefficient (Wildman–Crippen LogP) is 4.92. The van der Waals surface area contributed by atoms with E-state index in [1.54, 1.807) is 0 Å². The zero-order valence-electron chi connectivity index (χ0n) is 14.1. The van der Waals surface area contributed by atoms with Crippen molar-refractivity contribution in [1.29, 1.82) is 0 Å². The third kappa shape index (κ3) is 3.38. The average molecular weight is 295 g/mol. The lowest BCUT2D eigenvalue weighted by molar-refractivity contribution is 0.0644. The number of hydrogen-bond donors (Lipinski definition) is 0. The van der Waals surface area contributed by atoms with Gasteiger partial charge in [0.25, 0.3) is 5.91 Å². The van der Waals surface area contributed by atoms with E-state index in [1.807, 2.05) is 29.2 Å². The molecule has 2 rings (SSSR count). The molecular weight excluding hydrogens is 270 g/mol. The fourth-order valence-electron chi connectivity index (χ4n) is 2.86. The van der Waals surface area contributed by atoms with Gasteiger partial charge in [0.1, 0.15) is 0 Å². The van der Waals surface area contributed by atoms with Crippen LogP contribution < -0.4 is 0 Å². The summed E-state index contributed by atoms with van der Waals surface area (Å²) < 4.78 is 0. The van der Waals surface area contributed by atoms with Crippen LogP contribution in [0.5, 0.6) is 0 Å². The predicted molar refractivity (Wildman–Crippen MR) is 93.1 cm³/mol. The lowest BCUT2D eigenvalue weighted by atomic mass is 9.97. The van der Waals surface area contributed by atoms with Crippen molar-refractivity contribution in [2.75, 3.05) is 0 Å². The summed E-state index contributed by atoms with van der Waals surface area (Å²) >= 11 is 0. The van der Waals surface area contributed by atoms with Crippen LogP contribution in [-0.4, -0.2) is 22.9 Å². The highest BCUT2D eigenvalue weighted by Crippen LogP contribution is 2.26. The maximum Gasteiger partial charge on any atom is 0.254 e. The van der Waals surface area contributed by atoms with Crippen LogP contribution in [0.1, 0.15) is 43.6 Å². The molecular formula is C20H25NO. The van der Waals surface area contributed by atoms with Crippen LogP contribution in [-0.2, 0) is 0 Å². The third-order valence-corrected chi connectivity index (χ3v) is 3.87. The molecule has 0 unspecified atom stereocenters. The van der Waals surface area contributed by atoms with Crippen molar-refractivity contribution in [3.8, 4) is 11.1 Å². The van der Waals surface area contributed by atoms with Crippen molar-refractivity contribution in [1.82, 2.24) is 4.90 Å². The first-order chi connectivity index (χ1) is 10.4. The van der Waals surface area contributed by atoms with E-state index in [2.05, 4.69) is 58.9 Å². The number of nitrogens with zero attached hydrogens (tertiary/aromatic N) is 1. The third-order valence-electron chi connectivity index (χ3n) is 3.87. The second-order valence-electron chi connectivity index (χ2n) is 6.31. The van der Waals surface area contributed by atoms with Gasteiger partial charge in [-0.15, -0.1) is 0 Å². The van der Waals surface area contributed by atoms with Gasteiger partial charge in [0.15, 0.2) is 0 Å². The minimum atomic E-state index is 0.0983. The Hall–Kier alpha value is -2.09. The minimum absolute atomic E-state index is 0.0983. The Morgan fingerprint density at radius 3 is 1.95 bits per heavy atom. The number of rotatable bonds is 4.